The fraction of sp³-hybridized carbons (Fsp3) is 0.417. The van der Waals surface area contributed by atoms with Crippen molar-refractivity contribution in [3.05, 3.63) is 59.4 Å². The van der Waals surface area contributed by atoms with Crippen LogP contribution in [-0.4, -0.2) is 78.3 Å². The van der Waals surface area contributed by atoms with Gasteiger partial charge in [-0.2, -0.15) is 4.31 Å². The Labute approximate surface area is 195 Å². The fourth-order valence-electron chi connectivity index (χ4n) is 4.36. The number of sulfonamides is 1. The second-order valence-corrected chi connectivity index (χ2v) is 10.5. The van der Waals surface area contributed by atoms with Gasteiger partial charge in [0.1, 0.15) is 5.82 Å². The maximum absolute atomic E-state index is 13.1. The molecule has 9 heteroatoms. The van der Waals surface area contributed by atoms with E-state index in [1.165, 1.54) is 0 Å². The van der Waals surface area contributed by atoms with Gasteiger partial charge in [0.05, 0.1) is 22.5 Å². The molecule has 33 heavy (non-hydrogen) atoms. The summed E-state index contributed by atoms with van der Waals surface area (Å²) >= 11 is 0. The topological polar surface area (TPSA) is 78.7 Å². The minimum absolute atomic E-state index is 0.0458. The lowest BCUT2D eigenvalue weighted by Gasteiger charge is -2.34. The van der Waals surface area contributed by atoms with Crippen LogP contribution in [0.1, 0.15) is 28.7 Å². The van der Waals surface area contributed by atoms with Crippen molar-refractivity contribution in [2.45, 2.75) is 31.8 Å². The van der Waals surface area contributed by atoms with Gasteiger partial charge in [-0.05, 0) is 43.7 Å². The highest BCUT2D eigenvalue weighted by Crippen LogP contribution is 2.23. The largest absolute Gasteiger partial charge is 0.345 e. The SMILES string of the molecule is CCn1c(CN2CCN(S(=O)(=O)c3ccccc3C)CC2)nc2cc(C(=O)N(C)C)ccc21. The Morgan fingerprint density at radius 1 is 1.06 bits per heavy atom. The molecule has 176 valence electrons. The number of rotatable bonds is 6. The molecule has 0 N–H and O–H groups in total. The van der Waals surface area contributed by atoms with Crippen LogP contribution < -0.4 is 0 Å². The molecule has 2 aromatic carbocycles. The molecule has 2 heterocycles. The molecule has 0 spiro atoms. The molecule has 1 aliphatic rings. The number of amides is 1. The minimum atomic E-state index is -3.49. The quantitative estimate of drug-likeness (QED) is 0.555. The number of hydrogen-bond donors (Lipinski definition) is 0. The first-order valence-electron chi connectivity index (χ1n) is 11.2. The van der Waals surface area contributed by atoms with Crippen molar-refractivity contribution in [3.8, 4) is 0 Å². The van der Waals surface area contributed by atoms with Crippen LogP contribution in [0.2, 0.25) is 0 Å². The van der Waals surface area contributed by atoms with E-state index in [1.54, 1.807) is 35.4 Å². The smallest absolute Gasteiger partial charge is 0.253 e. The molecule has 0 unspecified atom stereocenters. The third-order valence-corrected chi connectivity index (χ3v) is 8.26. The molecule has 4 rings (SSSR count). The van der Waals surface area contributed by atoms with Gasteiger partial charge in [-0.15, -0.1) is 0 Å². The van der Waals surface area contributed by atoms with Crippen molar-refractivity contribution in [1.82, 2.24) is 23.7 Å². The van der Waals surface area contributed by atoms with Crippen LogP contribution in [0.5, 0.6) is 0 Å². The molecule has 1 aromatic heterocycles. The molecular formula is C24H31N5O3S. The van der Waals surface area contributed by atoms with Crippen molar-refractivity contribution >= 4 is 27.0 Å². The van der Waals surface area contributed by atoms with Gasteiger partial charge in [0.2, 0.25) is 10.0 Å². The Hall–Kier alpha value is -2.75. The second kappa shape index (κ2) is 9.24. The van der Waals surface area contributed by atoms with Gasteiger partial charge in [0, 0.05) is 52.4 Å². The van der Waals surface area contributed by atoms with Gasteiger partial charge in [0.15, 0.2) is 0 Å². The average Bonchev–Trinajstić information content (AvgIpc) is 3.15. The summed E-state index contributed by atoms with van der Waals surface area (Å²) in [6, 6.07) is 12.8. The zero-order valence-corrected chi connectivity index (χ0v) is 20.5. The zero-order valence-electron chi connectivity index (χ0n) is 19.7. The fourth-order valence-corrected chi connectivity index (χ4v) is 6.01. The maximum atomic E-state index is 13.1. The number of benzene rings is 2. The molecule has 0 aliphatic carbocycles. The van der Waals surface area contributed by atoms with E-state index in [0.29, 0.717) is 43.2 Å². The molecular weight excluding hydrogens is 438 g/mol. The van der Waals surface area contributed by atoms with Gasteiger partial charge in [0.25, 0.3) is 5.91 Å². The number of hydrogen-bond acceptors (Lipinski definition) is 5. The average molecular weight is 470 g/mol. The summed E-state index contributed by atoms with van der Waals surface area (Å²) in [7, 11) is -0.0171. The van der Waals surface area contributed by atoms with E-state index >= 15 is 0 Å². The van der Waals surface area contributed by atoms with Crippen molar-refractivity contribution in [1.29, 1.82) is 0 Å². The summed E-state index contributed by atoms with van der Waals surface area (Å²) in [4.78, 5) is 21.3. The highest BCUT2D eigenvalue weighted by molar-refractivity contribution is 7.89. The molecule has 1 amide bonds. The lowest BCUT2D eigenvalue weighted by atomic mass is 10.2. The van der Waals surface area contributed by atoms with Gasteiger partial charge < -0.3 is 9.47 Å². The number of nitrogens with zero attached hydrogens (tertiary/aromatic N) is 5. The summed E-state index contributed by atoms with van der Waals surface area (Å²) in [5, 5.41) is 0. The Balaban J connectivity index is 1.50. The first-order valence-corrected chi connectivity index (χ1v) is 12.7. The van der Waals surface area contributed by atoms with Crippen molar-refractivity contribution in [2.75, 3.05) is 40.3 Å². The summed E-state index contributed by atoms with van der Waals surface area (Å²) in [6.45, 7) is 7.50. The number of carbonyl (C=O) groups is 1. The molecule has 0 radical (unpaired) electrons. The summed E-state index contributed by atoms with van der Waals surface area (Å²) in [5.74, 6) is 0.882. The Morgan fingerprint density at radius 2 is 1.76 bits per heavy atom. The second-order valence-electron chi connectivity index (χ2n) is 8.62. The molecule has 8 nitrogen and oxygen atoms in total. The van der Waals surface area contributed by atoms with Gasteiger partial charge in [-0.1, -0.05) is 18.2 Å². The summed E-state index contributed by atoms with van der Waals surface area (Å²) in [6.07, 6.45) is 0. The number of imidazole rings is 1. The first kappa shape index (κ1) is 23.4. The van der Waals surface area contributed by atoms with Crippen LogP contribution in [0.4, 0.5) is 0 Å². The first-order chi connectivity index (χ1) is 15.7. The van der Waals surface area contributed by atoms with Gasteiger partial charge >= 0.3 is 0 Å². The Morgan fingerprint density at radius 3 is 2.39 bits per heavy atom. The molecule has 0 saturated carbocycles. The monoisotopic (exact) mass is 469 g/mol. The number of aryl methyl sites for hydroxylation is 2. The van der Waals surface area contributed by atoms with E-state index in [9.17, 15) is 13.2 Å². The number of aromatic nitrogens is 2. The summed E-state index contributed by atoms with van der Waals surface area (Å²) in [5.41, 5.74) is 3.20. The molecule has 1 saturated heterocycles. The number of carbonyl (C=O) groups excluding carboxylic acids is 1. The van der Waals surface area contributed by atoms with E-state index in [2.05, 4.69) is 16.4 Å². The lowest BCUT2D eigenvalue weighted by Crippen LogP contribution is -2.48. The molecule has 1 fully saturated rings. The van der Waals surface area contributed by atoms with Gasteiger partial charge in [-0.25, -0.2) is 13.4 Å². The van der Waals surface area contributed by atoms with Crippen LogP contribution in [0.25, 0.3) is 11.0 Å². The Kier molecular flexibility index (Phi) is 6.56. The molecule has 1 aliphatic heterocycles. The van der Waals surface area contributed by atoms with Crippen molar-refractivity contribution in [2.24, 2.45) is 0 Å². The zero-order chi connectivity index (χ0) is 23.8. The van der Waals surface area contributed by atoms with E-state index in [1.807, 2.05) is 37.3 Å². The van der Waals surface area contributed by atoms with Crippen molar-refractivity contribution in [3.63, 3.8) is 0 Å². The third-order valence-electron chi connectivity index (χ3n) is 6.20. The van der Waals surface area contributed by atoms with Crippen LogP contribution in [0.3, 0.4) is 0 Å². The van der Waals surface area contributed by atoms with E-state index in [0.717, 1.165) is 29.0 Å². The predicted molar refractivity (Wildman–Crippen MR) is 129 cm³/mol. The molecule has 0 atom stereocenters. The third kappa shape index (κ3) is 4.53. The Bertz CT molecular complexity index is 1270. The van der Waals surface area contributed by atoms with E-state index in [-0.39, 0.29) is 5.91 Å². The summed E-state index contributed by atoms with van der Waals surface area (Å²) < 4.78 is 29.9. The van der Waals surface area contributed by atoms with E-state index < -0.39 is 10.0 Å². The predicted octanol–water partition coefficient (Wildman–Crippen LogP) is 2.57. The van der Waals surface area contributed by atoms with Crippen LogP contribution in [0.15, 0.2) is 47.4 Å². The van der Waals surface area contributed by atoms with Gasteiger partial charge in [-0.3, -0.25) is 9.69 Å². The maximum Gasteiger partial charge on any atom is 0.253 e. The number of fused-ring (bicyclic) bond motifs is 1. The van der Waals surface area contributed by atoms with Crippen LogP contribution in [-0.2, 0) is 23.1 Å². The van der Waals surface area contributed by atoms with Crippen LogP contribution in [0, 0.1) is 6.92 Å². The molecule has 3 aromatic rings. The highest BCUT2D eigenvalue weighted by atomic mass is 32.2. The number of piperazine rings is 1. The highest BCUT2D eigenvalue weighted by Gasteiger charge is 2.30. The van der Waals surface area contributed by atoms with Crippen molar-refractivity contribution < 1.29 is 13.2 Å². The van der Waals surface area contributed by atoms with E-state index in [4.69, 9.17) is 4.98 Å². The minimum Gasteiger partial charge on any atom is -0.345 e. The molecule has 0 bridgehead atoms. The normalized spacial score (nSPS) is 15.8. The standard InChI is InChI=1S/C24H31N5O3S/c1-5-29-21-11-10-19(24(30)26(3)4)16-20(21)25-23(29)17-27-12-14-28(15-13-27)33(31,32)22-9-7-6-8-18(22)2/h6-11,16H,5,12-15,17H2,1-4H3. The lowest BCUT2D eigenvalue weighted by molar-refractivity contribution is 0.0827. The van der Waals surface area contributed by atoms with Crippen LogP contribution >= 0.6 is 0 Å².